The summed E-state index contributed by atoms with van der Waals surface area (Å²) in [7, 11) is 3.00. The molecule has 0 radical (unpaired) electrons. The summed E-state index contributed by atoms with van der Waals surface area (Å²) in [6.45, 7) is 5.98. The number of rotatable bonds is 4. The first-order valence-corrected chi connectivity index (χ1v) is 6.68. The van der Waals surface area contributed by atoms with Crippen LogP contribution >= 0.6 is 0 Å². The van der Waals surface area contributed by atoms with Crippen molar-refractivity contribution in [2.24, 2.45) is 0 Å². The Morgan fingerprint density at radius 2 is 1.67 bits per heavy atom. The molecule has 0 aliphatic carbocycles. The van der Waals surface area contributed by atoms with Crippen molar-refractivity contribution in [3.8, 4) is 11.8 Å². The van der Waals surface area contributed by atoms with Gasteiger partial charge in [0.2, 0.25) is 11.8 Å². The van der Waals surface area contributed by atoms with Crippen molar-refractivity contribution in [2.75, 3.05) is 14.2 Å². The summed E-state index contributed by atoms with van der Waals surface area (Å²) in [5.74, 6) is 0.612. The maximum absolute atomic E-state index is 10.7. The second-order valence-corrected chi connectivity index (χ2v) is 5.02. The smallest absolute Gasteiger partial charge is 0.241 e. The van der Waals surface area contributed by atoms with Crippen LogP contribution in [0.25, 0.3) is 0 Å². The van der Waals surface area contributed by atoms with Crippen molar-refractivity contribution in [1.29, 1.82) is 0 Å². The number of ether oxygens (including phenoxy) is 2. The minimum Gasteiger partial charge on any atom is -0.480 e. The molecule has 1 aromatic carbocycles. The monoisotopic (exact) mass is 288 g/mol. The minimum atomic E-state index is -0.890. The Morgan fingerprint density at radius 1 is 1.05 bits per heavy atom. The molecule has 0 amide bonds. The van der Waals surface area contributed by atoms with Gasteiger partial charge in [0.05, 0.1) is 20.4 Å². The SMILES string of the molecule is COc1cnc(C(O)c2c(C)cc(C)cc2C)c(OC)n1. The summed E-state index contributed by atoms with van der Waals surface area (Å²) in [5, 5.41) is 10.7. The molecule has 2 aromatic rings. The number of aliphatic hydroxyl groups excluding tert-OH is 1. The number of hydrogen-bond donors (Lipinski definition) is 1. The zero-order valence-electron chi connectivity index (χ0n) is 13.0. The largest absolute Gasteiger partial charge is 0.480 e. The van der Waals surface area contributed by atoms with Gasteiger partial charge < -0.3 is 14.6 Å². The molecule has 112 valence electrons. The first-order chi connectivity index (χ1) is 9.97. The third kappa shape index (κ3) is 2.97. The van der Waals surface area contributed by atoms with Crippen molar-refractivity contribution < 1.29 is 14.6 Å². The highest BCUT2D eigenvalue weighted by Crippen LogP contribution is 2.32. The van der Waals surface area contributed by atoms with Crippen LogP contribution in [0.4, 0.5) is 0 Å². The van der Waals surface area contributed by atoms with Crippen molar-refractivity contribution in [1.82, 2.24) is 9.97 Å². The zero-order valence-corrected chi connectivity index (χ0v) is 13.0. The van der Waals surface area contributed by atoms with Gasteiger partial charge in [0.25, 0.3) is 0 Å². The van der Waals surface area contributed by atoms with Crippen LogP contribution in [0.1, 0.15) is 34.1 Å². The van der Waals surface area contributed by atoms with E-state index in [4.69, 9.17) is 9.47 Å². The third-order valence-electron chi connectivity index (χ3n) is 3.42. The van der Waals surface area contributed by atoms with E-state index in [9.17, 15) is 5.11 Å². The lowest BCUT2D eigenvalue weighted by molar-refractivity contribution is 0.205. The number of aliphatic hydroxyl groups is 1. The van der Waals surface area contributed by atoms with Crippen LogP contribution in [0.3, 0.4) is 0 Å². The average molecular weight is 288 g/mol. The molecule has 1 N–H and O–H groups in total. The third-order valence-corrected chi connectivity index (χ3v) is 3.42. The molecule has 2 rings (SSSR count). The molecular formula is C16H20N2O3. The van der Waals surface area contributed by atoms with E-state index in [0.29, 0.717) is 11.6 Å². The highest BCUT2D eigenvalue weighted by Gasteiger charge is 2.22. The van der Waals surface area contributed by atoms with Crippen LogP contribution in [0.15, 0.2) is 18.3 Å². The first kappa shape index (κ1) is 15.3. The summed E-state index contributed by atoms with van der Waals surface area (Å²) < 4.78 is 10.2. The van der Waals surface area contributed by atoms with Crippen LogP contribution in [-0.4, -0.2) is 29.3 Å². The highest BCUT2D eigenvalue weighted by molar-refractivity contribution is 5.43. The second kappa shape index (κ2) is 6.10. The Morgan fingerprint density at radius 3 is 2.19 bits per heavy atom. The lowest BCUT2D eigenvalue weighted by Gasteiger charge is -2.18. The molecule has 0 saturated carbocycles. The topological polar surface area (TPSA) is 64.5 Å². The number of hydrogen-bond acceptors (Lipinski definition) is 5. The maximum atomic E-state index is 10.7. The molecule has 0 bridgehead atoms. The van der Waals surface area contributed by atoms with Crippen molar-refractivity contribution in [3.63, 3.8) is 0 Å². The fourth-order valence-corrected chi connectivity index (χ4v) is 2.56. The van der Waals surface area contributed by atoms with Gasteiger partial charge >= 0.3 is 0 Å². The lowest BCUT2D eigenvalue weighted by atomic mass is 9.94. The predicted octanol–water partition coefficient (Wildman–Crippen LogP) is 2.50. The van der Waals surface area contributed by atoms with E-state index in [1.54, 1.807) is 0 Å². The molecule has 1 aromatic heterocycles. The van der Waals surface area contributed by atoms with Gasteiger partial charge in [-0.15, -0.1) is 0 Å². The van der Waals surface area contributed by atoms with Gasteiger partial charge in [-0.25, -0.2) is 4.98 Å². The number of aromatic nitrogens is 2. The lowest BCUT2D eigenvalue weighted by Crippen LogP contribution is -2.10. The number of methoxy groups -OCH3 is 2. The zero-order chi connectivity index (χ0) is 15.6. The van der Waals surface area contributed by atoms with Crippen molar-refractivity contribution in [2.45, 2.75) is 26.9 Å². The number of aryl methyl sites for hydroxylation is 3. The summed E-state index contributed by atoms with van der Waals surface area (Å²) in [6, 6.07) is 4.07. The van der Waals surface area contributed by atoms with E-state index in [1.807, 2.05) is 32.9 Å². The van der Waals surface area contributed by atoms with E-state index < -0.39 is 6.10 Å². The summed E-state index contributed by atoms with van der Waals surface area (Å²) in [6.07, 6.45) is 0.582. The molecule has 0 aliphatic rings. The average Bonchev–Trinajstić information content (AvgIpc) is 2.45. The molecule has 0 saturated heterocycles. The Balaban J connectivity index is 2.52. The predicted molar refractivity (Wildman–Crippen MR) is 79.9 cm³/mol. The van der Waals surface area contributed by atoms with E-state index in [2.05, 4.69) is 9.97 Å². The molecule has 0 fully saturated rings. The molecule has 0 spiro atoms. The van der Waals surface area contributed by atoms with Gasteiger partial charge in [-0.3, -0.25) is 0 Å². The second-order valence-electron chi connectivity index (χ2n) is 5.02. The highest BCUT2D eigenvalue weighted by atomic mass is 16.5. The van der Waals surface area contributed by atoms with E-state index in [0.717, 1.165) is 22.3 Å². The van der Waals surface area contributed by atoms with Gasteiger partial charge in [-0.05, 0) is 37.5 Å². The molecule has 1 unspecified atom stereocenters. The maximum Gasteiger partial charge on any atom is 0.241 e. The quantitative estimate of drug-likeness (QED) is 0.936. The first-order valence-electron chi connectivity index (χ1n) is 6.68. The molecule has 21 heavy (non-hydrogen) atoms. The minimum absolute atomic E-state index is 0.265. The van der Waals surface area contributed by atoms with Crippen LogP contribution < -0.4 is 9.47 Å². The van der Waals surface area contributed by atoms with Crippen molar-refractivity contribution >= 4 is 0 Å². The normalized spacial score (nSPS) is 12.1. The number of benzene rings is 1. The molecule has 5 nitrogen and oxygen atoms in total. The Labute approximate surface area is 124 Å². The van der Waals surface area contributed by atoms with Gasteiger partial charge in [0.15, 0.2) is 0 Å². The molecule has 1 heterocycles. The van der Waals surface area contributed by atoms with Crippen molar-refractivity contribution in [3.05, 3.63) is 46.3 Å². The van der Waals surface area contributed by atoms with E-state index in [-0.39, 0.29) is 5.88 Å². The van der Waals surface area contributed by atoms with Crippen LogP contribution in [0.5, 0.6) is 11.8 Å². The fraction of sp³-hybridized carbons (Fsp3) is 0.375. The molecule has 5 heteroatoms. The van der Waals surface area contributed by atoms with Crippen LogP contribution in [0, 0.1) is 20.8 Å². The van der Waals surface area contributed by atoms with Crippen LogP contribution in [0.2, 0.25) is 0 Å². The molecular weight excluding hydrogens is 268 g/mol. The van der Waals surface area contributed by atoms with Gasteiger partial charge in [-0.1, -0.05) is 17.7 Å². The Hall–Kier alpha value is -2.14. The molecule has 0 aliphatic heterocycles. The summed E-state index contributed by atoms with van der Waals surface area (Å²) in [4.78, 5) is 8.40. The van der Waals surface area contributed by atoms with E-state index in [1.165, 1.54) is 20.4 Å². The number of nitrogens with zero attached hydrogens (tertiary/aromatic N) is 2. The van der Waals surface area contributed by atoms with Gasteiger partial charge in [-0.2, -0.15) is 4.98 Å². The van der Waals surface area contributed by atoms with Gasteiger partial charge in [0.1, 0.15) is 11.8 Å². The van der Waals surface area contributed by atoms with Crippen LogP contribution in [-0.2, 0) is 0 Å². The molecule has 1 atom stereocenters. The Bertz CT molecular complexity index is 633. The van der Waals surface area contributed by atoms with Gasteiger partial charge in [0, 0.05) is 0 Å². The summed E-state index contributed by atoms with van der Waals surface area (Å²) >= 11 is 0. The fourth-order valence-electron chi connectivity index (χ4n) is 2.56. The Kier molecular flexibility index (Phi) is 4.43. The standard InChI is InChI=1S/C16H20N2O3/c1-9-6-10(2)13(11(3)7-9)15(19)14-16(21-5)18-12(20-4)8-17-14/h6-8,15,19H,1-5H3. The van der Waals surface area contributed by atoms with E-state index >= 15 is 0 Å². The summed E-state index contributed by atoms with van der Waals surface area (Å²) in [5.41, 5.74) is 4.40.